The summed E-state index contributed by atoms with van der Waals surface area (Å²) in [6.45, 7) is 1.86. The van der Waals surface area contributed by atoms with E-state index in [9.17, 15) is 0 Å². The zero-order valence-electron chi connectivity index (χ0n) is 13.7. The quantitative estimate of drug-likeness (QED) is 0.585. The summed E-state index contributed by atoms with van der Waals surface area (Å²) in [5.41, 5.74) is 3.38. The van der Waals surface area contributed by atoms with Crippen molar-refractivity contribution in [1.29, 1.82) is 0 Å². The van der Waals surface area contributed by atoms with E-state index in [1.807, 2.05) is 31.5 Å². The number of ether oxygens (including phenoxy) is 1. The second-order valence-electron chi connectivity index (χ2n) is 5.11. The van der Waals surface area contributed by atoms with Crippen molar-refractivity contribution in [3.63, 3.8) is 0 Å². The standard InChI is InChI=1S/C17H14Cl2N4OS/c1-9-14(13-5-4-11(25-3)8-20-13)15(17(24-2)23-22-9)16-12(19)6-10(18)7-21-16/h4-8H,1-3H3. The highest BCUT2D eigenvalue weighted by Crippen LogP contribution is 2.41. The number of aromatic nitrogens is 4. The molecule has 0 spiro atoms. The fourth-order valence-corrected chi connectivity index (χ4v) is 3.27. The smallest absolute Gasteiger partial charge is 0.243 e. The first kappa shape index (κ1) is 17.9. The van der Waals surface area contributed by atoms with Gasteiger partial charge >= 0.3 is 0 Å². The monoisotopic (exact) mass is 392 g/mol. The van der Waals surface area contributed by atoms with Crippen molar-refractivity contribution >= 4 is 35.0 Å². The lowest BCUT2D eigenvalue weighted by Gasteiger charge is -2.15. The van der Waals surface area contributed by atoms with Crippen LogP contribution in [0.3, 0.4) is 0 Å². The van der Waals surface area contributed by atoms with Crippen LogP contribution in [-0.4, -0.2) is 33.5 Å². The SMILES string of the molecule is COc1nnc(C)c(-c2ccc(SC)cn2)c1-c1ncc(Cl)cc1Cl. The molecule has 0 aliphatic carbocycles. The van der Waals surface area contributed by atoms with Crippen LogP contribution in [0.5, 0.6) is 5.88 Å². The number of thioether (sulfide) groups is 1. The highest BCUT2D eigenvalue weighted by Gasteiger charge is 2.22. The molecule has 0 unspecified atom stereocenters. The fourth-order valence-electron chi connectivity index (χ4n) is 2.43. The van der Waals surface area contributed by atoms with Crippen LogP contribution in [0.1, 0.15) is 5.69 Å². The number of pyridine rings is 2. The summed E-state index contributed by atoms with van der Waals surface area (Å²) in [7, 11) is 1.53. The second-order valence-corrected chi connectivity index (χ2v) is 6.84. The summed E-state index contributed by atoms with van der Waals surface area (Å²) in [5.74, 6) is 0.327. The minimum Gasteiger partial charge on any atom is -0.479 e. The lowest BCUT2D eigenvalue weighted by Crippen LogP contribution is -2.03. The second kappa shape index (κ2) is 7.56. The minimum atomic E-state index is 0.327. The number of rotatable bonds is 4. The van der Waals surface area contributed by atoms with Gasteiger partial charge in [0.15, 0.2) is 0 Å². The number of hydrogen-bond donors (Lipinski definition) is 0. The molecule has 0 aliphatic heterocycles. The molecule has 0 aromatic carbocycles. The van der Waals surface area contributed by atoms with E-state index in [-0.39, 0.29) is 0 Å². The van der Waals surface area contributed by atoms with E-state index in [1.54, 1.807) is 17.8 Å². The predicted molar refractivity (Wildman–Crippen MR) is 102 cm³/mol. The van der Waals surface area contributed by atoms with Gasteiger partial charge in [-0.25, -0.2) is 0 Å². The van der Waals surface area contributed by atoms with Crippen molar-refractivity contribution in [2.45, 2.75) is 11.8 Å². The molecule has 0 bridgehead atoms. The van der Waals surface area contributed by atoms with Gasteiger partial charge in [-0.05, 0) is 31.4 Å². The molecule has 5 nitrogen and oxygen atoms in total. The molecule has 0 atom stereocenters. The largest absolute Gasteiger partial charge is 0.479 e. The van der Waals surface area contributed by atoms with E-state index in [0.717, 1.165) is 16.2 Å². The first-order valence-corrected chi connectivity index (χ1v) is 9.26. The fraction of sp³-hybridized carbons (Fsp3) is 0.176. The molecule has 3 heterocycles. The molecule has 0 saturated carbocycles. The maximum Gasteiger partial charge on any atom is 0.243 e. The Morgan fingerprint density at radius 2 is 1.84 bits per heavy atom. The van der Waals surface area contributed by atoms with Crippen LogP contribution < -0.4 is 4.74 Å². The van der Waals surface area contributed by atoms with Gasteiger partial charge in [0, 0.05) is 22.9 Å². The highest BCUT2D eigenvalue weighted by molar-refractivity contribution is 7.98. The maximum absolute atomic E-state index is 6.38. The molecular weight excluding hydrogens is 379 g/mol. The normalized spacial score (nSPS) is 10.8. The van der Waals surface area contributed by atoms with Crippen molar-refractivity contribution < 1.29 is 4.74 Å². The lowest BCUT2D eigenvalue weighted by molar-refractivity contribution is 0.393. The lowest BCUT2D eigenvalue weighted by atomic mass is 10.0. The summed E-state index contributed by atoms with van der Waals surface area (Å²) < 4.78 is 5.41. The number of hydrogen-bond acceptors (Lipinski definition) is 6. The number of methoxy groups -OCH3 is 1. The highest BCUT2D eigenvalue weighted by atomic mass is 35.5. The van der Waals surface area contributed by atoms with Crippen LogP contribution in [0.4, 0.5) is 0 Å². The molecular formula is C17H14Cl2N4OS. The number of nitrogens with zero attached hydrogens (tertiary/aromatic N) is 4. The Morgan fingerprint density at radius 3 is 2.44 bits per heavy atom. The zero-order chi connectivity index (χ0) is 18.0. The minimum absolute atomic E-state index is 0.327. The van der Waals surface area contributed by atoms with Gasteiger partial charge in [-0.2, -0.15) is 5.10 Å². The van der Waals surface area contributed by atoms with E-state index < -0.39 is 0 Å². The van der Waals surface area contributed by atoms with Crippen molar-refractivity contribution in [2.24, 2.45) is 0 Å². The van der Waals surface area contributed by atoms with Crippen LogP contribution in [0.15, 0.2) is 35.5 Å². The van der Waals surface area contributed by atoms with E-state index in [1.165, 1.54) is 13.3 Å². The molecule has 0 fully saturated rings. The maximum atomic E-state index is 6.38. The zero-order valence-corrected chi connectivity index (χ0v) is 16.1. The average Bonchev–Trinajstić information content (AvgIpc) is 2.62. The summed E-state index contributed by atoms with van der Waals surface area (Å²) in [5, 5.41) is 9.16. The average molecular weight is 393 g/mol. The van der Waals surface area contributed by atoms with E-state index in [0.29, 0.717) is 32.9 Å². The van der Waals surface area contributed by atoms with Gasteiger partial charge in [0.1, 0.15) is 0 Å². The Hall–Kier alpha value is -1.89. The molecule has 0 radical (unpaired) electrons. The van der Waals surface area contributed by atoms with Crippen LogP contribution in [0, 0.1) is 6.92 Å². The Labute approximate surface area is 159 Å². The van der Waals surface area contributed by atoms with Gasteiger partial charge in [0.2, 0.25) is 5.88 Å². The Kier molecular flexibility index (Phi) is 5.42. The number of halogens is 2. The summed E-state index contributed by atoms with van der Waals surface area (Å²) in [4.78, 5) is 9.99. The molecule has 0 amide bonds. The van der Waals surface area contributed by atoms with Gasteiger partial charge in [-0.3, -0.25) is 9.97 Å². The first-order valence-electron chi connectivity index (χ1n) is 7.28. The van der Waals surface area contributed by atoms with Gasteiger partial charge in [0.05, 0.1) is 39.8 Å². The van der Waals surface area contributed by atoms with Crippen LogP contribution >= 0.6 is 35.0 Å². The van der Waals surface area contributed by atoms with Gasteiger partial charge < -0.3 is 4.74 Å². The van der Waals surface area contributed by atoms with E-state index >= 15 is 0 Å². The van der Waals surface area contributed by atoms with E-state index in [4.69, 9.17) is 27.9 Å². The van der Waals surface area contributed by atoms with Gasteiger partial charge in [-0.1, -0.05) is 23.2 Å². The molecule has 3 rings (SSSR count). The molecule has 3 aromatic heterocycles. The summed E-state index contributed by atoms with van der Waals surface area (Å²) >= 11 is 14.0. The summed E-state index contributed by atoms with van der Waals surface area (Å²) in [6, 6.07) is 5.57. The third-order valence-corrected chi connectivity index (χ3v) is 4.79. The predicted octanol–water partition coefficient (Wildman–Crippen LogP) is 4.95. The van der Waals surface area contributed by atoms with Crippen molar-refractivity contribution in [3.8, 4) is 28.4 Å². The van der Waals surface area contributed by atoms with Crippen molar-refractivity contribution in [3.05, 3.63) is 46.3 Å². The molecule has 3 aromatic rings. The van der Waals surface area contributed by atoms with Gasteiger partial charge in [0.25, 0.3) is 0 Å². The van der Waals surface area contributed by atoms with Crippen molar-refractivity contribution in [2.75, 3.05) is 13.4 Å². The molecule has 25 heavy (non-hydrogen) atoms. The molecule has 0 saturated heterocycles. The van der Waals surface area contributed by atoms with Crippen LogP contribution in [0.2, 0.25) is 10.0 Å². The first-order chi connectivity index (χ1) is 12.0. The van der Waals surface area contributed by atoms with Crippen molar-refractivity contribution in [1.82, 2.24) is 20.2 Å². The third kappa shape index (κ3) is 3.56. The Balaban J connectivity index is 2.30. The van der Waals surface area contributed by atoms with Crippen LogP contribution in [0.25, 0.3) is 22.5 Å². The molecule has 128 valence electrons. The topological polar surface area (TPSA) is 60.8 Å². The van der Waals surface area contributed by atoms with Crippen LogP contribution in [-0.2, 0) is 0 Å². The summed E-state index contributed by atoms with van der Waals surface area (Å²) in [6.07, 6.45) is 5.35. The van der Waals surface area contributed by atoms with E-state index in [2.05, 4.69) is 20.2 Å². The van der Waals surface area contributed by atoms with Gasteiger partial charge in [-0.15, -0.1) is 16.9 Å². The number of aryl methyl sites for hydroxylation is 1. The molecule has 8 heteroatoms. The Bertz CT molecular complexity index is 919. The third-order valence-electron chi connectivity index (χ3n) is 3.58. The molecule has 0 aliphatic rings. The molecule has 0 N–H and O–H groups in total. The Morgan fingerprint density at radius 1 is 1.04 bits per heavy atom.